The van der Waals surface area contributed by atoms with E-state index in [2.05, 4.69) is 9.36 Å². The van der Waals surface area contributed by atoms with E-state index >= 15 is 0 Å². The van der Waals surface area contributed by atoms with Gasteiger partial charge in [0.05, 0.1) is 5.02 Å². The maximum Gasteiger partial charge on any atom is 0.174 e. The third kappa shape index (κ3) is 2.56. The Morgan fingerprint density at radius 1 is 1.47 bits per heavy atom. The molecule has 0 saturated carbocycles. The molecule has 0 aliphatic rings. The van der Waals surface area contributed by atoms with Gasteiger partial charge in [0.15, 0.2) is 4.34 Å². The van der Waals surface area contributed by atoms with E-state index in [1.807, 2.05) is 0 Å². The molecule has 0 N–H and O–H groups in total. The Labute approximate surface area is 99.7 Å². The van der Waals surface area contributed by atoms with Crippen molar-refractivity contribution in [2.75, 3.05) is 0 Å². The molecular weight excluding hydrogens is 252 g/mol. The summed E-state index contributed by atoms with van der Waals surface area (Å²) < 4.78 is 4.72. The highest BCUT2D eigenvalue weighted by Gasteiger charge is 2.05. The maximum atomic E-state index is 10.5. The molecule has 2 aromatic rings. The molecule has 0 aliphatic carbocycles. The molecule has 76 valence electrons. The van der Waals surface area contributed by atoms with Crippen molar-refractivity contribution in [1.82, 2.24) is 9.36 Å². The second kappa shape index (κ2) is 4.74. The Morgan fingerprint density at radius 3 is 2.93 bits per heavy atom. The number of carbonyl (C=O) groups is 1. The van der Waals surface area contributed by atoms with Crippen LogP contribution in [0, 0.1) is 0 Å². The van der Waals surface area contributed by atoms with Gasteiger partial charge in [-0.25, -0.2) is 4.98 Å². The molecule has 6 heteroatoms. The van der Waals surface area contributed by atoms with Gasteiger partial charge in [-0.15, -0.1) is 0 Å². The first-order chi connectivity index (χ1) is 7.29. The van der Waals surface area contributed by atoms with E-state index in [-0.39, 0.29) is 0 Å². The van der Waals surface area contributed by atoms with Gasteiger partial charge in [-0.2, -0.15) is 4.37 Å². The number of carbonyl (C=O) groups excluding carboxylic acids is 1. The predicted molar refractivity (Wildman–Crippen MR) is 60.9 cm³/mol. The predicted octanol–water partition coefficient (Wildman–Crippen LogP) is 3.16. The van der Waals surface area contributed by atoms with E-state index < -0.39 is 0 Å². The van der Waals surface area contributed by atoms with Crippen LogP contribution in [0.15, 0.2) is 33.8 Å². The molecule has 0 atom stereocenters. The van der Waals surface area contributed by atoms with E-state index in [0.29, 0.717) is 10.6 Å². The Kier molecular flexibility index (Phi) is 3.35. The summed E-state index contributed by atoms with van der Waals surface area (Å²) in [6.07, 6.45) is 2.27. The van der Waals surface area contributed by atoms with E-state index in [1.54, 1.807) is 18.2 Å². The third-order valence-electron chi connectivity index (χ3n) is 1.63. The monoisotopic (exact) mass is 256 g/mol. The molecule has 0 bridgehead atoms. The lowest BCUT2D eigenvalue weighted by Crippen LogP contribution is -1.81. The van der Waals surface area contributed by atoms with Crippen LogP contribution in [0.1, 0.15) is 10.4 Å². The number of benzene rings is 1. The van der Waals surface area contributed by atoms with Crippen molar-refractivity contribution >= 4 is 41.2 Å². The summed E-state index contributed by atoms with van der Waals surface area (Å²) in [5.41, 5.74) is 0.571. The number of hydrogen-bond acceptors (Lipinski definition) is 5. The Hall–Kier alpha value is -0.910. The van der Waals surface area contributed by atoms with Gasteiger partial charge in [0, 0.05) is 10.5 Å². The van der Waals surface area contributed by atoms with Crippen molar-refractivity contribution in [3.05, 3.63) is 35.1 Å². The molecule has 0 unspecified atom stereocenters. The first kappa shape index (κ1) is 10.6. The first-order valence-corrected chi connectivity index (χ1v) is 5.95. The number of hydrogen-bond donors (Lipinski definition) is 0. The van der Waals surface area contributed by atoms with Gasteiger partial charge in [0.1, 0.15) is 12.6 Å². The molecule has 0 fully saturated rings. The van der Waals surface area contributed by atoms with Gasteiger partial charge < -0.3 is 0 Å². The smallest absolute Gasteiger partial charge is 0.174 e. The molecule has 1 aromatic carbocycles. The zero-order valence-electron chi connectivity index (χ0n) is 7.38. The van der Waals surface area contributed by atoms with Crippen LogP contribution in [0.4, 0.5) is 0 Å². The average molecular weight is 257 g/mol. The number of halogens is 1. The highest BCUT2D eigenvalue weighted by atomic mass is 35.5. The molecule has 1 heterocycles. The van der Waals surface area contributed by atoms with Gasteiger partial charge in [-0.05, 0) is 23.7 Å². The fourth-order valence-electron chi connectivity index (χ4n) is 0.975. The Morgan fingerprint density at radius 2 is 2.33 bits per heavy atom. The van der Waals surface area contributed by atoms with Gasteiger partial charge in [-0.3, -0.25) is 4.79 Å². The number of aldehydes is 1. The van der Waals surface area contributed by atoms with Gasteiger partial charge in [0.25, 0.3) is 0 Å². The van der Waals surface area contributed by atoms with Crippen LogP contribution in [-0.2, 0) is 0 Å². The first-order valence-electron chi connectivity index (χ1n) is 3.99. The van der Waals surface area contributed by atoms with Crippen LogP contribution in [0.25, 0.3) is 0 Å². The fraction of sp³-hybridized carbons (Fsp3) is 0. The van der Waals surface area contributed by atoms with E-state index in [1.165, 1.54) is 29.6 Å². The highest BCUT2D eigenvalue weighted by Crippen LogP contribution is 2.33. The summed E-state index contributed by atoms with van der Waals surface area (Å²) in [7, 11) is 0. The highest BCUT2D eigenvalue weighted by molar-refractivity contribution is 8.01. The minimum Gasteiger partial charge on any atom is -0.298 e. The van der Waals surface area contributed by atoms with Crippen LogP contribution in [0.5, 0.6) is 0 Å². The van der Waals surface area contributed by atoms with Crippen LogP contribution >= 0.6 is 34.9 Å². The largest absolute Gasteiger partial charge is 0.298 e. The van der Waals surface area contributed by atoms with Gasteiger partial charge in [0.2, 0.25) is 0 Å². The minimum atomic E-state index is 0.555. The number of nitrogens with zero attached hydrogens (tertiary/aromatic N) is 2. The number of aromatic nitrogens is 2. The molecule has 0 aliphatic heterocycles. The summed E-state index contributed by atoms with van der Waals surface area (Å²) in [5, 5.41) is 0.555. The minimum absolute atomic E-state index is 0.555. The topological polar surface area (TPSA) is 42.9 Å². The van der Waals surface area contributed by atoms with Gasteiger partial charge in [-0.1, -0.05) is 29.4 Å². The molecule has 3 nitrogen and oxygen atoms in total. The molecular formula is C9H5ClN2OS2. The zero-order chi connectivity index (χ0) is 10.7. The van der Waals surface area contributed by atoms with Crippen LogP contribution in [0.3, 0.4) is 0 Å². The lowest BCUT2D eigenvalue weighted by molar-refractivity contribution is 0.112. The van der Waals surface area contributed by atoms with Gasteiger partial charge >= 0.3 is 0 Å². The Balaban J connectivity index is 2.26. The summed E-state index contributed by atoms with van der Waals surface area (Å²) in [4.78, 5) is 15.4. The molecule has 1 aromatic heterocycles. The standard InChI is InChI=1S/C9H5ClN2OS2/c10-7-3-6(4-13)1-2-8(7)14-9-11-5-12-15-9/h1-5H. The molecule has 0 amide bonds. The zero-order valence-corrected chi connectivity index (χ0v) is 9.77. The molecule has 15 heavy (non-hydrogen) atoms. The Bertz CT molecular complexity index is 473. The van der Waals surface area contributed by atoms with Crippen molar-refractivity contribution in [2.24, 2.45) is 0 Å². The van der Waals surface area contributed by atoms with Crippen molar-refractivity contribution < 1.29 is 4.79 Å². The SMILES string of the molecule is O=Cc1ccc(Sc2ncns2)c(Cl)c1. The summed E-state index contributed by atoms with van der Waals surface area (Å²) >= 11 is 8.75. The second-order valence-corrected chi connectivity index (χ2v) is 5.09. The molecule has 0 spiro atoms. The summed E-state index contributed by atoms with van der Waals surface area (Å²) in [6, 6.07) is 5.16. The molecule has 0 radical (unpaired) electrons. The molecule has 0 saturated heterocycles. The van der Waals surface area contributed by atoms with Crippen LogP contribution < -0.4 is 0 Å². The fourth-order valence-corrected chi connectivity index (χ4v) is 2.69. The second-order valence-electron chi connectivity index (χ2n) is 2.62. The van der Waals surface area contributed by atoms with Crippen LogP contribution in [-0.4, -0.2) is 15.6 Å². The molecule has 2 rings (SSSR count). The van der Waals surface area contributed by atoms with E-state index in [0.717, 1.165) is 15.5 Å². The summed E-state index contributed by atoms with van der Waals surface area (Å²) in [5.74, 6) is 0. The number of rotatable bonds is 3. The van der Waals surface area contributed by atoms with Crippen molar-refractivity contribution in [2.45, 2.75) is 9.24 Å². The normalized spacial score (nSPS) is 10.2. The average Bonchev–Trinajstić information content (AvgIpc) is 2.74. The quantitative estimate of drug-likeness (QED) is 0.792. The van der Waals surface area contributed by atoms with Crippen molar-refractivity contribution in [3.8, 4) is 0 Å². The maximum absolute atomic E-state index is 10.5. The third-order valence-corrected chi connectivity index (χ3v) is 3.85. The van der Waals surface area contributed by atoms with E-state index in [4.69, 9.17) is 11.6 Å². The van der Waals surface area contributed by atoms with Crippen LogP contribution in [0.2, 0.25) is 5.02 Å². The summed E-state index contributed by atoms with van der Waals surface area (Å²) in [6.45, 7) is 0. The van der Waals surface area contributed by atoms with Crippen molar-refractivity contribution in [1.29, 1.82) is 0 Å². The lowest BCUT2D eigenvalue weighted by Gasteiger charge is -2.00. The lowest BCUT2D eigenvalue weighted by atomic mass is 10.2. The van der Waals surface area contributed by atoms with E-state index in [9.17, 15) is 4.79 Å². The van der Waals surface area contributed by atoms with Crippen molar-refractivity contribution in [3.63, 3.8) is 0 Å².